The van der Waals surface area contributed by atoms with Gasteiger partial charge in [-0.3, -0.25) is 4.79 Å². The Morgan fingerprint density at radius 3 is 2.52 bits per heavy atom. The minimum Gasteiger partial charge on any atom is -0.493 e. The summed E-state index contributed by atoms with van der Waals surface area (Å²) in [7, 11) is 1.51. The van der Waals surface area contributed by atoms with E-state index < -0.39 is 5.82 Å². The molecule has 0 unspecified atom stereocenters. The lowest BCUT2D eigenvalue weighted by Gasteiger charge is -2.23. The van der Waals surface area contributed by atoms with Gasteiger partial charge in [-0.15, -0.1) is 0 Å². The van der Waals surface area contributed by atoms with Gasteiger partial charge in [-0.05, 0) is 35.9 Å². The van der Waals surface area contributed by atoms with Crippen LogP contribution in [-0.2, 0) is 13.2 Å². The van der Waals surface area contributed by atoms with Gasteiger partial charge in [0.15, 0.2) is 11.5 Å². The first-order valence-electron chi connectivity index (χ1n) is 9.80. The second-order valence-corrected chi connectivity index (χ2v) is 7.33. The summed E-state index contributed by atoms with van der Waals surface area (Å²) in [6, 6.07) is 19.1. The van der Waals surface area contributed by atoms with Crippen molar-refractivity contribution in [3.8, 4) is 11.5 Å². The fourth-order valence-electron chi connectivity index (χ4n) is 3.10. The van der Waals surface area contributed by atoms with Crippen molar-refractivity contribution in [3.05, 3.63) is 94.3 Å². The van der Waals surface area contributed by atoms with Crippen LogP contribution in [0.2, 0.25) is 5.02 Å². The maximum atomic E-state index is 14.2. The molecule has 0 saturated heterocycles. The molecule has 0 atom stereocenters. The first-order chi connectivity index (χ1) is 15.0. The van der Waals surface area contributed by atoms with E-state index in [2.05, 4.69) is 0 Å². The highest BCUT2D eigenvalue weighted by atomic mass is 35.5. The van der Waals surface area contributed by atoms with Gasteiger partial charge in [0.25, 0.3) is 5.91 Å². The molecule has 162 valence electrons. The number of nitrogens with two attached hydrogens (primary N) is 1. The third-order valence-electron chi connectivity index (χ3n) is 4.71. The van der Waals surface area contributed by atoms with Crippen LogP contribution in [0.5, 0.6) is 11.5 Å². The van der Waals surface area contributed by atoms with Crippen molar-refractivity contribution in [1.82, 2.24) is 4.90 Å². The van der Waals surface area contributed by atoms with Gasteiger partial charge in [-0.25, -0.2) is 4.39 Å². The van der Waals surface area contributed by atoms with Gasteiger partial charge in [0.2, 0.25) is 0 Å². The van der Waals surface area contributed by atoms with Crippen LogP contribution in [-0.4, -0.2) is 31.0 Å². The molecule has 31 heavy (non-hydrogen) atoms. The number of ether oxygens (including phenoxy) is 2. The zero-order valence-corrected chi connectivity index (χ0v) is 17.9. The van der Waals surface area contributed by atoms with Gasteiger partial charge in [0.1, 0.15) is 12.4 Å². The standard InChI is InChI=1S/C24H24ClFN2O3/c1-30-23-13-18(8-10-22(23)31-16-17-5-3-2-4-6-17)24(29)28(12-11-27)15-19-7-9-20(25)14-21(19)26/h2-10,13-14H,11-12,15-16,27H2,1H3. The van der Waals surface area contributed by atoms with Crippen molar-refractivity contribution in [2.45, 2.75) is 13.2 Å². The summed E-state index contributed by atoms with van der Waals surface area (Å²) in [6.07, 6.45) is 0. The molecule has 0 saturated carbocycles. The van der Waals surface area contributed by atoms with Crippen molar-refractivity contribution in [2.75, 3.05) is 20.2 Å². The topological polar surface area (TPSA) is 64.8 Å². The van der Waals surface area contributed by atoms with E-state index in [4.69, 9.17) is 26.8 Å². The Morgan fingerprint density at radius 2 is 1.84 bits per heavy atom. The van der Waals surface area contributed by atoms with Crippen LogP contribution in [0.15, 0.2) is 66.7 Å². The molecule has 0 heterocycles. The molecule has 0 radical (unpaired) electrons. The molecule has 0 fully saturated rings. The Morgan fingerprint density at radius 1 is 1.06 bits per heavy atom. The van der Waals surface area contributed by atoms with Crippen molar-refractivity contribution in [1.29, 1.82) is 0 Å². The zero-order valence-electron chi connectivity index (χ0n) is 17.2. The lowest BCUT2D eigenvalue weighted by molar-refractivity contribution is 0.0746. The Labute approximate surface area is 186 Å². The Hall–Kier alpha value is -3.09. The van der Waals surface area contributed by atoms with Gasteiger partial charge in [-0.1, -0.05) is 48.0 Å². The molecular weight excluding hydrogens is 419 g/mol. The van der Waals surface area contributed by atoms with E-state index in [0.717, 1.165) is 5.56 Å². The number of methoxy groups -OCH3 is 1. The molecule has 5 nitrogen and oxygen atoms in total. The predicted octanol–water partition coefficient (Wildman–Crippen LogP) is 4.67. The van der Waals surface area contributed by atoms with Crippen molar-refractivity contribution in [2.24, 2.45) is 5.73 Å². The van der Waals surface area contributed by atoms with Gasteiger partial charge < -0.3 is 20.1 Å². The van der Waals surface area contributed by atoms with Gasteiger partial charge in [-0.2, -0.15) is 0 Å². The molecule has 2 N–H and O–H groups in total. The first-order valence-corrected chi connectivity index (χ1v) is 10.2. The summed E-state index contributed by atoms with van der Waals surface area (Å²) in [5, 5.41) is 0.300. The van der Waals surface area contributed by atoms with E-state index in [0.29, 0.717) is 34.3 Å². The highest BCUT2D eigenvalue weighted by Gasteiger charge is 2.19. The number of hydrogen-bond donors (Lipinski definition) is 1. The zero-order chi connectivity index (χ0) is 22.2. The monoisotopic (exact) mass is 442 g/mol. The second kappa shape index (κ2) is 10.8. The molecule has 0 aliphatic rings. The van der Waals surface area contributed by atoms with Crippen LogP contribution in [0.4, 0.5) is 4.39 Å². The second-order valence-electron chi connectivity index (χ2n) is 6.89. The average molecular weight is 443 g/mol. The normalized spacial score (nSPS) is 10.6. The van der Waals surface area contributed by atoms with Gasteiger partial charge in [0.05, 0.1) is 7.11 Å². The molecule has 1 amide bonds. The summed E-state index contributed by atoms with van der Waals surface area (Å²) in [6.45, 7) is 0.971. The van der Waals surface area contributed by atoms with E-state index in [9.17, 15) is 9.18 Å². The fraction of sp³-hybridized carbons (Fsp3) is 0.208. The molecule has 3 aromatic rings. The Bertz CT molecular complexity index is 1030. The number of benzene rings is 3. The average Bonchev–Trinajstić information content (AvgIpc) is 2.79. The van der Waals surface area contributed by atoms with Crippen LogP contribution in [0.1, 0.15) is 21.5 Å². The SMILES string of the molecule is COc1cc(C(=O)N(CCN)Cc2ccc(Cl)cc2F)ccc1OCc1ccccc1. The van der Waals surface area contributed by atoms with Crippen LogP contribution < -0.4 is 15.2 Å². The van der Waals surface area contributed by atoms with Crippen LogP contribution in [0.25, 0.3) is 0 Å². The molecule has 7 heteroatoms. The maximum absolute atomic E-state index is 14.2. The van der Waals surface area contributed by atoms with E-state index in [1.807, 2.05) is 30.3 Å². The number of nitrogens with zero attached hydrogens (tertiary/aromatic N) is 1. The lowest BCUT2D eigenvalue weighted by atomic mass is 10.1. The summed E-state index contributed by atoms with van der Waals surface area (Å²) in [4.78, 5) is 14.6. The first kappa shape index (κ1) is 22.6. The minimum absolute atomic E-state index is 0.0770. The van der Waals surface area contributed by atoms with E-state index in [-0.39, 0.29) is 25.5 Å². The molecule has 0 aliphatic carbocycles. The van der Waals surface area contributed by atoms with E-state index in [1.165, 1.54) is 18.1 Å². The molecule has 3 rings (SSSR count). The number of hydrogen-bond acceptors (Lipinski definition) is 4. The fourth-order valence-corrected chi connectivity index (χ4v) is 3.26. The molecule has 0 bridgehead atoms. The Balaban J connectivity index is 1.77. The molecule has 3 aromatic carbocycles. The molecule has 0 spiro atoms. The van der Waals surface area contributed by atoms with Crippen molar-refractivity contribution < 1.29 is 18.7 Å². The minimum atomic E-state index is -0.468. The number of rotatable bonds is 9. The third kappa shape index (κ3) is 5.96. The van der Waals surface area contributed by atoms with E-state index in [1.54, 1.807) is 30.3 Å². The smallest absolute Gasteiger partial charge is 0.254 e. The van der Waals surface area contributed by atoms with Gasteiger partial charge >= 0.3 is 0 Å². The molecule has 0 aromatic heterocycles. The van der Waals surface area contributed by atoms with Crippen LogP contribution in [0.3, 0.4) is 0 Å². The summed E-state index contributed by atoms with van der Waals surface area (Å²) in [5.41, 5.74) is 7.46. The van der Waals surface area contributed by atoms with Crippen molar-refractivity contribution in [3.63, 3.8) is 0 Å². The molecule has 0 aliphatic heterocycles. The number of amides is 1. The lowest BCUT2D eigenvalue weighted by Crippen LogP contribution is -2.35. The molecular formula is C24H24ClFN2O3. The van der Waals surface area contributed by atoms with Crippen LogP contribution in [0, 0.1) is 5.82 Å². The van der Waals surface area contributed by atoms with Crippen LogP contribution >= 0.6 is 11.6 Å². The summed E-state index contributed by atoms with van der Waals surface area (Å²) in [5.74, 6) is 0.210. The number of carbonyl (C=O) groups excluding carboxylic acids is 1. The highest BCUT2D eigenvalue weighted by Crippen LogP contribution is 2.29. The third-order valence-corrected chi connectivity index (χ3v) is 4.95. The highest BCUT2D eigenvalue weighted by molar-refractivity contribution is 6.30. The number of halogens is 2. The summed E-state index contributed by atoms with van der Waals surface area (Å²) < 4.78 is 25.5. The predicted molar refractivity (Wildman–Crippen MR) is 119 cm³/mol. The van der Waals surface area contributed by atoms with Gasteiger partial charge in [0, 0.05) is 35.8 Å². The quantitative estimate of drug-likeness (QED) is 0.523. The number of carbonyl (C=O) groups is 1. The summed E-state index contributed by atoms with van der Waals surface area (Å²) >= 11 is 5.82. The maximum Gasteiger partial charge on any atom is 0.254 e. The Kier molecular flexibility index (Phi) is 7.87. The van der Waals surface area contributed by atoms with Crippen molar-refractivity contribution >= 4 is 17.5 Å². The van der Waals surface area contributed by atoms with E-state index >= 15 is 0 Å². The largest absolute Gasteiger partial charge is 0.493 e.